The van der Waals surface area contributed by atoms with Crippen LogP contribution in [0.4, 0.5) is 0 Å². The maximum atomic E-state index is 12.6. The van der Waals surface area contributed by atoms with Gasteiger partial charge >= 0.3 is 5.97 Å². The van der Waals surface area contributed by atoms with E-state index in [4.69, 9.17) is 16.3 Å². The summed E-state index contributed by atoms with van der Waals surface area (Å²) in [7, 11) is 1.30. The fourth-order valence-corrected chi connectivity index (χ4v) is 2.42. The summed E-state index contributed by atoms with van der Waals surface area (Å²) in [5.41, 5.74) is 1.93. The molecular weight excluding hydrogens is 292 g/mol. The lowest BCUT2D eigenvalue weighted by Crippen LogP contribution is -2.07. The lowest BCUT2D eigenvalue weighted by molar-refractivity contribution is 0.0600. The molecule has 0 aliphatic carbocycles. The highest BCUT2D eigenvalue weighted by molar-refractivity contribution is 6.31. The van der Waals surface area contributed by atoms with Gasteiger partial charge in [0.1, 0.15) is 12.4 Å². The van der Waals surface area contributed by atoms with Crippen LogP contribution in [0.3, 0.4) is 0 Å². The van der Waals surface area contributed by atoms with E-state index in [1.54, 1.807) is 30.3 Å². The van der Waals surface area contributed by atoms with Crippen LogP contribution in [0.2, 0.25) is 5.02 Å². The Bertz CT molecular complexity index is 752. The quantitative estimate of drug-likeness (QED) is 0.759. The molecule has 0 N–H and O–H groups in total. The molecule has 1 heterocycles. The summed E-state index contributed by atoms with van der Waals surface area (Å²) in [6.07, 6.45) is 0. The molecule has 0 amide bonds. The number of hydrogen-bond acceptors (Lipinski definition) is 4. The molecule has 0 saturated carbocycles. The number of halogens is 1. The second-order valence-corrected chi connectivity index (χ2v) is 5.06. The standard InChI is InChI=1S/C16H11ClO4/c1-20-16(19)9-2-3-10-8-21-14-7-11(17)4-5-12(14)15(18)13(10)6-9/h2-7H,8H2,1H3. The van der Waals surface area contributed by atoms with Gasteiger partial charge in [0.05, 0.1) is 18.2 Å². The minimum Gasteiger partial charge on any atom is -0.488 e. The van der Waals surface area contributed by atoms with E-state index in [1.165, 1.54) is 13.2 Å². The number of hydrogen-bond donors (Lipinski definition) is 0. The Morgan fingerprint density at radius 1 is 1.19 bits per heavy atom. The van der Waals surface area contributed by atoms with Crippen LogP contribution in [-0.2, 0) is 11.3 Å². The largest absolute Gasteiger partial charge is 0.488 e. The summed E-state index contributed by atoms with van der Waals surface area (Å²) < 4.78 is 10.3. The minimum absolute atomic E-state index is 0.195. The topological polar surface area (TPSA) is 52.6 Å². The second-order valence-electron chi connectivity index (χ2n) is 4.62. The Hall–Kier alpha value is -2.33. The first kappa shape index (κ1) is 13.6. The smallest absolute Gasteiger partial charge is 0.337 e. The SMILES string of the molecule is COC(=O)c1ccc2c(c1)C(=O)c1ccc(Cl)cc1OC2. The normalized spacial score (nSPS) is 12.8. The van der Waals surface area contributed by atoms with E-state index in [1.807, 2.05) is 0 Å². The average Bonchev–Trinajstić information content (AvgIpc) is 2.63. The summed E-state index contributed by atoms with van der Waals surface area (Å²) in [5, 5.41) is 0.503. The van der Waals surface area contributed by atoms with Crippen LogP contribution in [0.5, 0.6) is 5.75 Å². The summed E-state index contributed by atoms with van der Waals surface area (Å²) in [6, 6.07) is 9.73. The van der Waals surface area contributed by atoms with E-state index < -0.39 is 5.97 Å². The predicted octanol–water partition coefficient (Wildman–Crippen LogP) is 3.25. The van der Waals surface area contributed by atoms with Crippen LogP contribution in [-0.4, -0.2) is 18.9 Å². The van der Waals surface area contributed by atoms with E-state index in [2.05, 4.69) is 4.74 Å². The van der Waals surface area contributed by atoms with Crippen LogP contribution >= 0.6 is 11.6 Å². The van der Waals surface area contributed by atoms with Gasteiger partial charge in [-0.25, -0.2) is 4.79 Å². The Balaban J connectivity index is 2.13. The first-order chi connectivity index (χ1) is 10.1. The van der Waals surface area contributed by atoms with Gasteiger partial charge < -0.3 is 9.47 Å². The molecular formula is C16H11ClO4. The van der Waals surface area contributed by atoms with Crippen molar-refractivity contribution < 1.29 is 19.1 Å². The molecule has 0 radical (unpaired) electrons. The fourth-order valence-electron chi connectivity index (χ4n) is 2.26. The molecule has 4 nitrogen and oxygen atoms in total. The Labute approximate surface area is 126 Å². The van der Waals surface area contributed by atoms with Gasteiger partial charge in [-0.1, -0.05) is 17.7 Å². The van der Waals surface area contributed by atoms with Gasteiger partial charge in [0.25, 0.3) is 0 Å². The van der Waals surface area contributed by atoms with E-state index >= 15 is 0 Å². The molecule has 2 aromatic carbocycles. The summed E-state index contributed by atoms with van der Waals surface area (Å²) >= 11 is 5.92. The van der Waals surface area contributed by atoms with Crippen molar-refractivity contribution in [1.82, 2.24) is 0 Å². The average molecular weight is 303 g/mol. The molecule has 106 valence electrons. The van der Waals surface area contributed by atoms with Gasteiger partial charge in [-0.3, -0.25) is 4.79 Å². The number of rotatable bonds is 1. The number of fused-ring (bicyclic) bond motifs is 2. The van der Waals surface area contributed by atoms with Crippen molar-refractivity contribution in [2.75, 3.05) is 7.11 Å². The third kappa shape index (κ3) is 2.38. The number of methoxy groups -OCH3 is 1. The molecule has 0 atom stereocenters. The van der Waals surface area contributed by atoms with E-state index in [0.717, 1.165) is 5.56 Å². The zero-order valence-electron chi connectivity index (χ0n) is 11.2. The number of ketones is 1. The fraction of sp³-hybridized carbons (Fsp3) is 0.125. The van der Waals surface area contributed by atoms with E-state index in [-0.39, 0.29) is 12.4 Å². The Morgan fingerprint density at radius 2 is 2.00 bits per heavy atom. The highest BCUT2D eigenvalue weighted by Gasteiger charge is 2.23. The van der Waals surface area contributed by atoms with Gasteiger partial charge in [-0.05, 0) is 30.3 Å². The zero-order chi connectivity index (χ0) is 15.0. The van der Waals surface area contributed by atoms with E-state index in [9.17, 15) is 9.59 Å². The van der Waals surface area contributed by atoms with Crippen LogP contribution < -0.4 is 4.74 Å². The van der Waals surface area contributed by atoms with Crippen molar-refractivity contribution in [3.05, 3.63) is 63.7 Å². The number of carbonyl (C=O) groups excluding carboxylic acids is 2. The maximum absolute atomic E-state index is 12.6. The molecule has 0 spiro atoms. The lowest BCUT2D eigenvalue weighted by atomic mass is 9.97. The van der Waals surface area contributed by atoms with Crippen molar-refractivity contribution in [3.63, 3.8) is 0 Å². The Kier molecular flexibility index (Phi) is 3.39. The molecule has 0 saturated heterocycles. The second kappa shape index (κ2) is 5.22. The van der Waals surface area contributed by atoms with Gasteiger partial charge in [-0.2, -0.15) is 0 Å². The zero-order valence-corrected chi connectivity index (χ0v) is 11.9. The minimum atomic E-state index is -0.480. The highest BCUT2D eigenvalue weighted by Crippen LogP contribution is 2.31. The number of esters is 1. The third-order valence-electron chi connectivity index (χ3n) is 3.35. The summed E-state index contributed by atoms with van der Waals surface area (Å²) in [6.45, 7) is 0.246. The van der Waals surface area contributed by atoms with Crippen molar-refractivity contribution in [2.24, 2.45) is 0 Å². The molecule has 21 heavy (non-hydrogen) atoms. The van der Waals surface area contributed by atoms with Gasteiger partial charge in [0.2, 0.25) is 0 Å². The number of benzene rings is 2. The molecule has 1 aliphatic heterocycles. The van der Waals surface area contributed by atoms with E-state index in [0.29, 0.717) is 27.5 Å². The van der Waals surface area contributed by atoms with Crippen LogP contribution in [0, 0.1) is 0 Å². The van der Waals surface area contributed by atoms with Crippen molar-refractivity contribution in [3.8, 4) is 5.75 Å². The molecule has 0 aromatic heterocycles. The predicted molar refractivity (Wildman–Crippen MR) is 77.0 cm³/mol. The maximum Gasteiger partial charge on any atom is 0.337 e. The van der Waals surface area contributed by atoms with Crippen molar-refractivity contribution in [2.45, 2.75) is 6.61 Å². The first-order valence-electron chi connectivity index (χ1n) is 6.28. The highest BCUT2D eigenvalue weighted by atomic mass is 35.5. The number of ether oxygens (including phenoxy) is 2. The first-order valence-corrected chi connectivity index (χ1v) is 6.66. The molecule has 0 bridgehead atoms. The van der Waals surface area contributed by atoms with Crippen molar-refractivity contribution >= 4 is 23.4 Å². The van der Waals surface area contributed by atoms with Crippen LogP contribution in [0.1, 0.15) is 31.8 Å². The van der Waals surface area contributed by atoms with Gasteiger partial charge in [0.15, 0.2) is 5.78 Å². The van der Waals surface area contributed by atoms with Crippen LogP contribution in [0.25, 0.3) is 0 Å². The molecule has 5 heteroatoms. The molecule has 3 rings (SSSR count). The van der Waals surface area contributed by atoms with Gasteiger partial charge in [0, 0.05) is 16.1 Å². The summed E-state index contributed by atoms with van der Waals surface area (Å²) in [4.78, 5) is 24.2. The van der Waals surface area contributed by atoms with Crippen LogP contribution in [0.15, 0.2) is 36.4 Å². The molecule has 0 fully saturated rings. The van der Waals surface area contributed by atoms with Gasteiger partial charge in [-0.15, -0.1) is 0 Å². The lowest BCUT2D eigenvalue weighted by Gasteiger charge is -2.06. The third-order valence-corrected chi connectivity index (χ3v) is 3.58. The molecule has 1 aliphatic rings. The number of carbonyl (C=O) groups is 2. The summed E-state index contributed by atoms with van der Waals surface area (Å²) in [5.74, 6) is -0.227. The molecule has 2 aromatic rings. The molecule has 0 unspecified atom stereocenters. The Morgan fingerprint density at radius 3 is 2.76 bits per heavy atom. The monoisotopic (exact) mass is 302 g/mol. The van der Waals surface area contributed by atoms with Crippen molar-refractivity contribution in [1.29, 1.82) is 0 Å².